The number of carbonyl (C=O) groups excluding carboxylic acids is 1. The van der Waals surface area contributed by atoms with E-state index in [-0.39, 0.29) is 23.8 Å². The van der Waals surface area contributed by atoms with E-state index in [1.807, 2.05) is 12.1 Å². The maximum atomic E-state index is 12.2. The summed E-state index contributed by atoms with van der Waals surface area (Å²) in [5, 5.41) is 3.10. The van der Waals surface area contributed by atoms with Crippen LogP contribution in [-0.2, 0) is 9.53 Å². The Bertz CT molecular complexity index is 454. The lowest BCUT2D eigenvalue weighted by Crippen LogP contribution is -2.35. The van der Waals surface area contributed by atoms with Crippen molar-refractivity contribution in [3.63, 3.8) is 0 Å². The molecule has 0 bridgehead atoms. The Morgan fingerprint density at radius 1 is 1.50 bits per heavy atom. The monoisotopic (exact) mass is 277 g/mol. The first-order chi connectivity index (χ1) is 9.66. The van der Waals surface area contributed by atoms with E-state index in [2.05, 4.69) is 19.2 Å². The van der Waals surface area contributed by atoms with E-state index in [9.17, 15) is 4.79 Å². The van der Waals surface area contributed by atoms with Crippen molar-refractivity contribution in [1.29, 1.82) is 0 Å². The van der Waals surface area contributed by atoms with Crippen LogP contribution in [-0.4, -0.2) is 25.2 Å². The molecule has 0 radical (unpaired) electrons. The number of carbonyl (C=O) groups is 1. The molecule has 2 fully saturated rings. The van der Waals surface area contributed by atoms with E-state index in [4.69, 9.17) is 9.15 Å². The van der Waals surface area contributed by atoms with Gasteiger partial charge in [0.15, 0.2) is 0 Å². The van der Waals surface area contributed by atoms with Crippen molar-refractivity contribution in [2.45, 2.75) is 38.7 Å². The largest absolute Gasteiger partial charge is 0.469 e. The Labute approximate surface area is 119 Å². The molecule has 1 aliphatic carbocycles. The molecule has 1 aromatic rings. The van der Waals surface area contributed by atoms with Crippen molar-refractivity contribution >= 4 is 5.91 Å². The van der Waals surface area contributed by atoms with Gasteiger partial charge in [-0.05, 0) is 30.9 Å². The fourth-order valence-electron chi connectivity index (χ4n) is 3.28. The average Bonchev–Trinajstić information content (AvgIpc) is 2.88. The van der Waals surface area contributed by atoms with Gasteiger partial charge < -0.3 is 14.5 Å². The Kier molecular flexibility index (Phi) is 3.83. The Balaban J connectivity index is 1.46. The zero-order chi connectivity index (χ0) is 14.1. The molecule has 1 saturated heterocycles. The van der Waals surface area contributed by atoms with Crippen LogP contribution in [0.15, 0.2) is 22.8 Å². The summed E-state index contributed by atoms with van der Waals surface area (Å²) >= 11 is 0. The molecule has 4 nitrogen and oxygen atoms in total. The summed E-state index contributed by atoms with van der Waals surface area (Å²) in [6.07, 6.45) is 3.92. The topological polar surface area (TPSA) is 51.5 Å². The zero-order valence-electron chi connectivity index (χ0n) is 12.2. The molecule has 1 aromatic heterocycles. The highest BCUT2D eigenvalue weighted by Gasteiger charge is 2.46. The van der Waals surface area contributed by atoms with E-state index in [1.165, 1.54) is 0 Å². The fraction of sp³-hybridized carbons (Fsp3) is 0.688. The van der Waals surface area contributed by atoms with Gasteiger partial charge in [-0.1, -0.05) is 13.8 Å². The molecule has 0 spiro atoms. The predicted octanol–water partition coefficient (Wildman–Crippen LogP) is 2.56. The Morgan fingerprint density at radius 2 is 2.35 bits per heavy atom. The molecule has 1 N–H and O–H groups in total. The van der Waals surface area contributed by atoms with Crippen LogP contribution < -0.4 is 5.32 Å². The third-order valence-corrected chi connectivity index (χ3v) is 4.49. The van der Waals surface area contributed by atoms with Gasteiger partial charge >= 0.3 is 0 Å². The molecule has 1 aliphatic heterocycles. The smallest absolute Gasteiger partial charge is 0.223 e. The number of amides is 1. The molecule has 2 heterocycles. The number of hydrogen-bond acceptors (Lipinski definition) is 3. The normalized spacial score (nSPS) is 32.5. The summed E-state index contributed by atoms with van der Waals surface area (Å²) in [4.78, 5) is 12.2. The summed E-state index contributed by atoms with van der Waals surface area (Å²) in [7, 11) is 0. The summed E-state index contributed by atoms with van der Waals surface area (Å²) in [5.74, 6) is 2.46. The third-order valence-electron chi connectivity index (χ3n) is 4.49. The van der Waals surface area contributed by atoms with Gasteiger partial charge in [0.1, 0.15) is 5.76 Å². The number of furan rings is 1. The van der Waals surface area contributed by atoms with Crippen molar-refractivity contribution in [3.8, 4) is 0 Å². The van der Waals surface area contributed by atoms with Gasteiger partial charge in [0.05, 0.1) is 12.4 Å². The molecule has 20 heavy (non-hydrogen) atoms. The standard InChI is InChI=1S/C16H23NO3/c1-10(2)15-11(5-7-20-15)9-17-16(18)13-8-12(13)14-4-3-6-19-14/h3-4,6,10-13,15H,5,7-9H2,1-2H3,(H,17,18)/t11-,12-,13-,15-/m1/s1. The highest BCUT2D eigenvalue weighted by atomic mass is 16.5. The van der Waals surface area contributed by atoms with Gasteiger partial charge in [-0.15, -0.1) is 0 Å². The number of ether oxygens (including phenoxy) is 1. The van der Waals surface area contributed by atoms with E-state index in [0.717, 1.165) is 31.8 Å². The molecule has 3 rings (SSSR count). The van der Waals surface area contributed by atoms with Crippen LogP contribution in [0.5, 0.6) is 0 Å². The summed E-state index contributed by atoms with van der Waals surface area (Å²) in [5.41, 5.74) is 0. The Hall–Kier alpha value is -1.29. The molecule has 1 amide bonds. The van der Waals surface area contributed by atoms with E-state index in [0.29, 0.717) is 11.8 Å². The highest BCUT2D eigenvalue weighted by Crippen LogP contribution is 2.47. The molecule has 2 aliphatic rings. The van der Waals surface area contributed by atoms with Crippen molar-refractivity contribution < 1.29 is 13.9 Å². The van der Waals surface area contributed by atoms with Crippen LogP contribution >= 0.6 is 0 Å². The van der Waals surface area contributed by atoms with Gasteiger partial charge in [0.2, 0.25) is 5.91 Å². The minimum Gasteiger partial charge on any atom is -0.469 e. The van der Waals surface area contributed by atoms with Crippen molar-refractivity contribution in [3.05, 3.63) is 24.2 Å². The van der Waals surface area contributed by atoms with Crippen LogP contribution in [0.25, 0.3) is 0 Å². The second kappa shape index (κ2) is 5.60. The van der Waals surface area contributed by atoms with E-state index in [1.54, 1.807) is 6.26 Å². The minimum atomic E-state index is 0.0981. The first-order valence-electron chi connectivity index (χ1n) is 7.59. The molecule has 0 unspecified atom stereocenters. The maximum Gasteiger partial charge on any atom is 0.223 e. The second-order valence-corrected chi connectivity index (χ2v) is 6.34. The zero-order valence-corrected chi connectivity index (χ0v) is 12.2. The maximum absolute atomic E-state index is 12.2. The quantitative estimate of drug-likeness (QED) is 0.900. The average molecular weight is 277 g/mol. The van der Waals surface area contributed by atoms with Crippen LogP contribution in [0, 0.1) is 17.8 Å². The lowest BCUT2D eigenvalue weighted by Gasteiger charge is -2.22. The van der Waals surface area contributed by atoms with Crippen LogP contribution in [0.3, 0.4) is 0 Å². The van der Waals surface area contributed by atoms with Crippen molar-refractivity contribution in [1.82, 2.24) is 5.32 Å². The molecular formula is C16H23NO3. The third kappa shape index (κ3) is 2.75. The summed E-state index contributed by atoms with van der Waals surface area (Å²) < 4.78 is 11.1. The lowest BCUT2D eigenvalue weighted by molar-refractivity contribution is -0.122. The molecule has 4 atom stereocenters. The van der Waals surface area contributed by atoms with E-state index >= 15 is 0 Å². The molecule has 110 valence electrons. The summed E-state index contributed by atoms with van der Waals surface area (Å²) in [6.45, 7) is 5.92. The van der Waals surface area contributed by atoms with E-state index < -0.39 is 0 Å². The number of nitrogens with one attached hydrogen (secondary N) is 1. The number of hydrogen-bond donors (Lipinski definition) is 1. The van der Waals surface area contributed by atoms with Crippen molar-refractivity contribution in [2.75, 3.05) is 13.2 Å². The molecular weight excluding hydrogens is 254 g/mol. The molecule has 1 saturated carbocycles. The highest BCUT2D eigenvalue weighted by molar-refractivity contribution is 5.82. The van der Waals surface area contributed by atoms with Crippen molar-refractivity contribution in [2.24, 2.45) is 17.8 Å². The lowest BCUT2D eigenvalue weighted by atomic mass is 9.93. The second-order valence-electron chi connectivity index (χ2n) is 6.34. The summed E-state index contributed by atoms with van der Waals surface area (Å²) in [6, 6.07) is 3.84. The molecule has 0 aromatic carbocycles. The number of rotatable bonds is 5. The predicted molar refractivity (Wildman–Crippen MR) is 75.3 cm³/mol. The SMILES string of the molecule is CC(C)[C@H]1OCC[C@@H]1CNC(=O)[C@@H]1C[C@H]1c1ccco1. The van der Waals surface area contributed by atoms with Crippen LogP contribution in [0.2, 0.25) is 0 Å². The van der Waals surface area contributed by atoms with Gasteiger partial charge in [-0.3, -0.25) is 4.79 Å². The first-order valence-corrected chi connectivity index (χ1v) is 7.59. The minimum absolute atomic E-state index is 0.0981. The first kappa shape index (κ1) is 13.7. The fourth-order valence-corrected chi connectivity index (χ4v) is 3.28. The van der Waals surface area contributed by atoms with Gasteiger partial charge in [0.25, 0.3) is 0 Å². The molecule has 4 heteroatoms. The van der Waals surface area contributed by atoms with Gasteiger partial charge in [-0.25, -0.2) is 0 Å². The van der Waals surface area contributed by atoms with Gasteiger partial charge in [-0.2, -0.15) is 0 Å². The van der Waals surface area contributed by atoms with Crippen LogP contribution in [0.4, 0.5) is 0 Å². The van der Waals surface area contributed by atoms with Gasteiger partial charge in [0, 0.05) is 30.9 Å². The van der Waals surface area contributed by atoms with Crippen LogP contribution in [0.1, 0.15) is 38.4 Å². The Morgan fingerprint density at radius 3 is 3.05 bits per heavy atom.